The van der Waals surface area contributed by atoms with Crippen molar-refractivity contribution in [2.75, 3.05) is 0 Å². The Labute approximate surface area is 98.7 Å². The van der Waals surface area contributed by atoms with Crippen molar-refractivity contribution in [3.63, 3.8) is 0 Å². The number of carbonyl (C=O) groups is 2. The van der Waals surface area contributed by atoms with Gasteiger partial charge in [-0.3, -0.25) is 4.79 Å². The van der Waals surface area contributed by atoms with Gasteiger partial charge in [-0.05, 0) is 17.7 Å². The molecule has 0 aromatic heterocycles. The fourth-order valence-electron chi connectivity index (χ4n) is 1.40. The minimum atomic E-state index is -1.08. The van der Waals surface area contributed by atoms with E-state index in [1.165, 1.54) is 6.92 Å². The van der Waals surface area contributed by atoms with Gasteiger partial charge < -0.3 is 10.4 Å². The molecule has 0 saturated carbocycles. The number of amides is 1. The van der Waals surface area contributed by atoms with Gasteiger partial charge in [0.05, 0.1) is 11.6 Å². The van der Waals surface area contributed by atoms with Crippen molar-refractivity contribution in [3.8, 4) is 6.07 Å². The van der Waals surface area contributed by atoms with Crippen LogP contribution in [0.1, 0.15) is 18.1 Å². The monoisotopic (exact) mass is 232 g/mol. The first-order chi connectivity index (χ1) is 8.02. The number of aliphatic carboxylic acids is 1. The molecule has 1 aromatic rings. The molecule has 1 atom stereocenters. The predicted octanol–water partition coefficient (Wildman–Crippen LogP) is 0.690. The average Bonchev–Trinajstić information content (AvgIpc) is 2.28. The van der Waals surface area contributed by atoms with Gasteiger partial charge in [0, 0.05) is 13.3 Å². The van der Waals surface area contributed by atoms with Crippen LogP contribution < -0.4 is 5.32 Å². The van der Waals surface area contributed by atoms with Gasteiger partial charge in [-0.2, -0.15) is 5.26 Å². The molecule has 88 valence electrons. The first-order valence-electron chi connectivity index (χ1n) is 5.02. The molecule has 0 heterocycles. The Morgan fingerprint density at radius 2 is 2.00 bits per heavy atom. The van der Waals surface area contributed by atoms with Crippen LogP contribution in [0.4, 0.5) is 0 Å². The molecule has 0 saturated heterocycles. The number of rotatable bonds is 4. The van der Waals surface area contributed by atoms with Gasteiger partial charge in [0.2, 0.25) is 5.91 Å². The highest BCUT2D eigenvalue weighted by molar-refractivity contribution is 5.82. The molecule has 0 spiro atoms. The summed E-state index contributed by atoms with van der Waals surface area (Å²) in [4.78, 5) is 21.7. The number of nitriles is 1. The standard InChI is InChI=1S/C12H12N2O3/c1-8(15)14-11(12(16)17)6-9-2-4-10(7-13)5-3-9/h2-5,11H,6H2,1H3,(H,14,15)(H,16,17). The molecule has 0 radical (unpaired) electrons. The van der Waals surface area contributed by atoms with Crippen molar-refractivity contribution in [2.45, 2.75) is 19.4 Å². The van der Waals surface area contributed by atoms with Crippen molar-refractivity contribution < 1.29 is 14.7 Å². The van der Waals surface area contributed by atoms with Crippen LogP contribution in [0.15, 0.2) is 24.3 Å². The number of carboxylic acids is 1. The van der Waals surface area contributed by atoms with Crippen LogP contribution in [0.2, 0.25) is 0 Å². The van der Waals surface area contributed by atoms with E-state index in [1.54, 1.807) is 24.3 Å². The molecule has 2 N–H and O–H groups in total. The van der Waals surface area contributed by atoms with Crippen molar-refractivity contribution in [1.82, 2.24) is 5.32 Å². The minimum Gasteiger partial charge on any atom is -0.480 e. The maximum atomic E-state index is 10.9. The number of carbonyl (C=O) groups excluding carboxylic acids is 1. The summed E-state index contributed by atoms with van der Waals surface area (Å²) >= 11 is 0. The molecule has 0 fully saturated rings. The summed E-state index contributed by atoms with van der Waals surface area (Å²) in [5, 5.41) is 19.9. The Hall–Kier alpha value is -2.35. The molecular formula is C12H12N2O3. The summed E-state index contributed by atoms with van der Waals surface area (Å²) < 4.78 is 0. The zero-order valence-corrected chi connectivity index (χ0v) is 9.30. The molecule has 1 unspecified atom stereocenters. The Kier molecular flexibility index (Phi) is 4.23. The van der Waals surface area contributed by atoms with Gasteiger partial charge in [0.1, 0.15) is 6.04 Å². The first kappa shape index (κ1) is 12.7. The van der Waals surface area contributed by atoms with Crippen LogP contribution in [0, 0.1) is 11.3 Å². The number of benzene rings is 1. The SMILES string of the molecule is CC(=O)NC(Cc1ccc(C#N)cc1)C(=O)O. The van der Waals surface area contributed by atoms with Gasteiger partial charge in [-0.1, -0.05) is 12.1 Å². The molecule has 1 aromatic carbocycles. The number of nitrogens with zero attached hydrogens (tertiary/aromatic N) is 1. The second-order valence-electron chi connectivity index (χ2n) is 3.60. The van der Waals surface area contributed by atoms with E-state index < -0.39 is 12.0 Å². The molecule has 5 heteroatoms. The van der Waals surface area contributed by atoms with Gasteiger partial charge in [0.15, 0.2) is 0 Å². The second-order valence-corrected chi connectivity index (χ2v) is 3.60. The fraction of sp³-hybridized carbons (Fsp3) is 0.250. The quantitative estimate of drug-likeness (QED) is 0.799. The highest BCUT2D eigenvalue weighted by Crippen LogP contribution is 2.06. The molecule has 1 rings (SSSR count). The Morgan fingerprint density at radius 3 is 2.41 bits per heavy atom. The van der Waals surface area contributed by atoms with Crippen molar-refractivity contribution in [2.24, 2.45) is 0 Å². The molecule has 0 aliphatic heterocycles. The topological polar surface area (TPSA) is 90.2 Å². The summed E-state index contributed by atoms with van der Waals surface area (Å²) in [6, 6.07) is 7.61. The van der Waals surface area contributed by atoms with Gasteiger partial charge >= 0.3 is 5.97 Å². The van der Waals surface area contributed by atoms with Crippen molar-refractivity contribution in [3.05, 3.63) is 35.4 Å². The molecule has 17 heavy (non-hydrogen) atoms. The maximum absolute atomic E-state index is 10.9. The van der Waals surface area contributed by atoms with Crippen molar-refractivity contribution in [1.29, 1.82) is 5.26 Å². The summed E-state index contributed by atoms with van der Waals surface area (Å²) in [7, 11) is 0. The lowest BCUT2D eigenvalue weighted by molar-refractivity contribution is -0.141. The smallest absolute Gasteiger partial charge is 0.326 e. The lowest BCUT2D eigenvalue weighted by Gasteiger charge is -2.13. The van der Waals surface area contributed by atoms with Gasteiger partial charge in [0.25, 0.3) is 0 Å². The number of hydrogen-bond donors (Lipinski definition) is 2. The van der Waals surface area contributed by atoms with Crippen LogP contribution in [0.25, 0.3) is 0 Å². The Morgan fingerprint density at radius 1 is 1.41 bits per heavy atom. The van der Waals surface area contributed by atoms with E-state index >= 15 is 0 Å². The Balaban J connectivity index is 2.75. The van der Waals surface area contributed by atoms with Crippen LogP contribution in [0.5, 0.6) is 0 Å². The maximum Gasteiger partial charge on any atom is 0.326 e. The lowest BCUT2D eigenvalue weighted by atomic mass is 10.0. The van der Waals surface area contributed by atoms with Gasteiger partial charge in [-0.15, -0.1) is 0 Å². The highest BCUT2D eigenvalue weighted by atomic mass is 16.4. The predicted molar refractivity (Wildman–Crippen MR) is 60.1 cm³/mol. The van der Waals surface area contributed by atoms with Crippen LogP contribution >= 0.6 is 0 Å². The first-order valence-corrected chi connectivity index (χ1v) is 5.02. The van der Waals surface area contributed by atoms with E-state index in [0.29, 0.717) is 5.56 Å². The minimum absolute atomic E-state index is 0.195. The third-order valence-electron chi connectivity index (χ3n) is 2.20. The van der Waals surface area contributed by atoms with Gasteiger partial charge in [-0.25, -0.2) is 4.79 Å². The molecule has 0 aliphatic rings. The highest BCUT2D eigenvalue weighted by Gasteiger charge is 2.18. The average molecular weight is 232 g/mol. The molecule has 5 nitrogen and oxygen atoms in total. The molecular weight excluding hydrogens is 220 g/mol. The third kappa shape index (κ3) is 3.95. The van der Waals surface area contributed by atoms with E-state index in [2.05, 4.69) is 5.32 Å². The Bertz CT molecular complexity index is 460. The zero-order chi connectivity index (χ0) is 12.8. The lowest BCUT2D eigenvalue weighted by Crippen LogP contribution is -2.41. The van der Waals surface area contributed by atoms with E-state index in [0.717, 1.165) is 5.56 Å². The van der Waals surface area contributed by atoms with Crippen LogP contribution in [0.3, 0.4) is 0 Å². The van der Waals surface area contributed by atoms with E-state index in [1.807, 2.05) is 6.07 Å². The van der Waals surface area contributed by atoms with Crippen molar-refractivity contribution >= 4 is 11.9 Å². The van der Waals surface area contributed by atoms with E-state index in [9.17, 15) is 9.59 Å². The molecule has 1 amide bonds. The van der Waals surface area contributed by atoms with E-state index in [-0.39, 0.29) is 12.3 Å². The summed E-state index contributed by atoms with van der Waals surface area (Å²) in [5.41, 5.74) is 1.27. The fourth-order valence-corrected chi connectivity index (χ4v) is 1.40. The number of nitrogens with one attached hydrogen (secondary N) is 1. The summed E-state index contributed by atoms with van der Waals surface area (Å²) in [5.74, 6) is -1.46. The largest absolute Gasteiger partial charge is 0.480 e. The number of hydrogen-bond acceptors (Lipinski definition) is 3. The molecule has 0 aliphatic carbocycles. The third-order valence-corrected chi connectivity index (χ3v) is 2.20. The molecule has 0 bridgehead atoms. The normalized spacial score (nSPS) is 11.3. The van der Waals surface area contributed by atoms with Crippen LogP contribution in [-0.2, 0) is 16.0 Å². The zero-order valence-electron chi connectivity index (χ0n) is 9.30. The van der Waals surface area contributed by atoms with Crippen LogP contribution in [-0.4, -0.2) is 23.0 Å². The summed E-state index contributed by atoms with van der Waals surface area (Å²) in [6.07, 6.45) is 0.195. The number of carboxylic acid groups (broad SMARTS) is 1. The second kappa shape index (κ2) is 5.66. The van der Waals surface area contributed by atoms with E-state index in [4.69, 9.17) is 10.4 Å². The summed E-state index contributed by atoms with van der Waals surface area (Å²) in [6.45, 7) is 1.27.